The van der Waals surface area contributed by atoms with Gasteiger partial charge in [-0.15, -0.1) is 0 Å². The number of rotatable bonds is 6. The van der Waals surface area contributed by atoms with Gasteiger partial charge >= 0.3 is 18.2 Å². The molecule has 144 valence electrons. The third-order valence-corrected chi connectivity index (χ3v) is 3.27. The summed E-state index contributed by atoms with van der Waals surface area (Å²) in [6.45, 7) is 7.99. The fourth-order valence-electron chi connectivity index (χ4n) is 2.07. The summed E-state index contributed by atoms with van der Waals surface area (Å²) in [6.07, 6.45) is -1.69. The maximum Gasteiger partial charge on any atom is 0.408 e. The van der Waals surface area contributed by atoms with Gasteiger partial charge in [0.1, 0.15) is 12.2 Å². The maximum atomic E-state index is 12.0. The summed E-state index contributed by atoms with van der Waals surface area (Å²) in [6, 6.07) is 7.55. The molecule has 3 N–H and O–H groups in total. The first-order chi connectivity index (χ1) is 11.9. The normalized spacial score (nSPS) is 12.7. The van der Waals surface area contributed by atoms with E-state index in [-0.39, 0.29) is 6.61 Å². The third kappa shape index (κ3) is 7.42. The zero-order chi connectivity index (χ0) is 20.0. The van der Waals surface area contributed by atoms with E-state index >= 15 is 0 Å². The third-order valence-electron chi connectivity index (χ3n) is 3.27. The fourth-order valence-corrected chi connectivity index (χ4v) is 2.07. The number of hydrogen-bond acceptors (Lipinski definition) is 5. The number of ether oxygens (including phenoxy) is 2. The Balaban J connectivity index is 2.69. The van der Waals surface area contributed by atoms with Crippen LogP contribution in [0.4, 0.5) is 9.59 Å². The van der Waals surface area contributed by atoms with Crippen molar-refractivity contribution in [2.24, 2.45) is 0 Å². The predicted octanol–water partition coefficient (Wildman–Crippen LogP) is 2.67. The molecule has 2 amide bonds. The van der Waals surface area contributed by atoms with Crippen LogP contribution in [0.25, 0.3) is 0 Å². The molecule has 0 saturated heterocycles. The van der Waals surface area contributed by atoms with Crippen LogP contribution in [-0.2, 0) is 20.9 Å². The quantitative estimate of drug-likeness (QED) is 0.713. The van der Waals surface area contributed by atoms with Crippen molar-refractivity contribution in [3.8, 4) is 0 Å². The van der Waals surface area contributed by atoms with E-state index in [1.165, 1.54) is 13.8 Å². The lowest BCUT2D eigenvalue weighted by Crippen LogP contribution is -2.62. The standard InChI is InChI=1S/C18H26N2O6/c1-17(2,3)26-16(24)20-18(4,5)13(14(21)22)19-15(23)25-11-12-9-7-6-8-10-12/h6-10,13H,11H2,1-5H3,(H,19,23)(H,20,24)(H,21,22). The minimum absolute atomic E-state index is 0.00106. The molecule has 1 atom stereocenters. The van der Waals surface area contributed by atoms with E-state index in [4.69, 9.17) is 9.47 Å². The molecule has 0 aliphatic rings. The molecule has 1 aromatic carbocycles. The Morgan fingerprint density at radius 2 is 1.62 bits per heavy atom. The van der Waals surface area contributed by atoms with Gasteiger partial charge in [0.15, 0.2) is 6.04 Å². The summed E-state index contributed by atoms with van der Waals surface area (Å²) in [4.78, 5) is 35.4. The van der Waals surface area contributed by atoms with Gasteiger partial charge in [-0.1, -0.05) is 30.3 Å². The molecule has 0 aromatic heterocycles. The van der Waals surface area contributed by atoms with E-state index in [0.29, 0.717) is 0 Å². The molecule has 8 nitrogen and oxygen atoms in total. The van der Waals surface area contributed by atoms with Crippen molar-refractivity contribution in [1.82, 2.24) is 10.6 Å². The van der Waals surface area contributed by atoms with Gasteiger partial charge in [0.2, 0.25) is 0 Å². The Bertz CT molecular complexity index is 637. The highest BCUT2D eigenvalue weighted by Crippen LogP contribution is 2.14. The van der Waals surface area contributed by atoms with Crippen LogP contribution in [0.5, 0.6) is 0 Å². The molecule has 0 aliphatic heterocycles. The minimum atomic E-state index is -1.42. The highest BCUT2D eigenvalue weighted by atomic mass is 16.6. The molecule has 0 heterocycles. The molecule has 0 saturated carbocycles. The molecule has 8 heteroatoms. The van der Waals surface area contributed by atoms with Crippen LogP contribution in [0.3, 0.4) is 0 Å². The number of nitrogens with one attached hydrogen (secondary N) is 2. The average molecular weight is 366 g/mol. The van der Waals surface area contributed by atoms with Crippen LogP contribution >= 0.6 is 0 Å². The molecule has 0 aliphatic carbocycles. The Morgan fingerprint density at radius 1 is 1.04 bits per heavy atom. The summed E-state index contributed by atoms with van der Waals surface area (Å²) < 4.78 is 10.2. The lowest BCUT2D eigenvalue weighted by atomic mass is 9.95. The number of carbonyl (C=O) groups is 3. The number of carboxylic acids is 1. The Kier molecular flexibility index (Phi) is 7.00. The van der Waals surface area contributed by atoms with E-state index in [9.17, 15) is 19.5 Å². The van der Waals surface area contributed by atoms with E-state index in [1.54, 1.807) is 45.0 Å². The maximum absolute atomic E-state index is 12.0. The molecular formula is C18H26N2O6. The van der Waals surface area contributed by atoms with Crippen molar-refractivity contribution in [2.45, 2.75) is 58.4 Å². The number of carbonyl (C=O) groups excluding carboxylic acids is 2. The van der Waals surface area contributed by atoms with Gasteiger partial charge in [-0.25, -0.2) is 14.4 Å². The van der Waals surface area contributed by atoms with Gasteiger partial charge in [0, 0.05) is 0 Å². The van der Waals surface area contributed by atoms with E-state index in [1.807, 2.05) is 6.07 Å². The Morgan fingerprint density at radius 3 is 2.12 bits per heavy atom. The smallest absolute Gasteiger partial charge is 0.408 e. The minimum Gasteiger partial charge on any atom is -0.480 e. The second kappa shape index (κ2) is 8.55. The zero-order valence-electron chi connectivity index (χ0n) is 15.7. The van der Waals surface area contributed by atoms with Crippen LogP contribution in [0.1, 0.15) is 40.2 Å². The molecule has 0 fully saturated rings. The van der Waals surface area contributed by atoms with Gasteiger partial charge in [-0.3, -0.25) is 0 Å². The van der Waals surface area contributed by atoms with Crippen LogP contribution in [0, 0.1) is 0 Å². The van der Waals surface area contributed by atoms with Gasteiger partial charge in [0.05, 0.1) is 5.54 Å². The zero-order valence-corrected chi connectivity index (χ0v) is 15.7. The first-order valence-corrected chi connectivity index (χ1v) is 8.12. The number of alkyl carbamates (subject to hydrolysis) is 2. The summed E-state index contributed by atoms with van der Waals surface area (Å²) in [7, 11) is 0. The van der Waals surface area contributed by atoms with Gasteiger partial charge in [0.25, 0.3) is 0 Å². The Hall–Kier alpha value is -2.77. The first-order valence-electron chi connectivity index (χ1n) is 8.12. The number of aliphatic carboxylic acids is 1. The fraction of sp³-hybridized carbons (Fsp3) is 0.500. The van der Waals surface area contributed by atoms with Crippen LogP contribution < -0.4 is 10.6 Å². The lowest BCUT2D eigenvalue weighted by molar-refractivity contribution is -0.141. The number of carboxylic acid groups (broad SMARTS) is 1. The van der Waals surface area contributed by atoms with E-state index < -0.39 is 35.3 Å². The van der Waals surface area contributed by atoms with Crippen molar-refractivity contribution in [3.63, 3.8) is 0 Å². The SMILES string of the molecule is CC(C)(C)OC(=O)NC(C)(C)C(NC(=O)OCc1ccccc1)C(=O)O. The molecule has 1 unspecified atom stereocenters. The Labute approximate surface area is 152 Å². The molecular weight excluding hydrogens is 340 g/mol. The summed E-state index contributed by atoms with van der Waals surface area (Å²) in [5.41, 5.74) is -1.29. The van der Waals surface area contributed by atoms with Gasteiger partial charge in [-0.2, -0.15) is 0 Å². The van der Waals surface area contributed by atoms with Crippen molar-refractivity contribution in [2.75, 3.05) is 0 Å². The van der Waals surface area contributed by atoms with Crippen molar-refractivity contribution >= 4 is 18.2 Å². The van der Waals surface area contributed by atoms with Crippen LogP contribution in [-0.4, -0.2) is 40.4 Å². The molecule has 1 rings (SSSR count). The number of amides is 2. The predicted molar refractivity (Wildman–Crippen MR) is 94.6 cm³/mol. The van der Waals surface area contributed by atoms with Gasteiger partial charge in [-0.05, 0) is 40.2 Å². The molecule has 0 bridgehead atoms. The van der Waals surface area contributed by atoms with E-state index in [2.05, 4.69) is 10.6 Å². The van der Waals surface area contributed by atoms with Crippen molar-refractivity contribution in [3.05, 3.63) is 35.9 Å². The molecule has 26 heavy (non-hydrogen) atoms. The largest absolute Gasteiger partial charge is 0.480 e. The van der Waals surface area contributed by atoms with E-state index in [0.717, 1.165) is 5.56 Å². The number of benzene rings is 1. The lowest BCUT2D eigenvalue weighted by Gasteiger charge is -2.33. The summed E-state index contributed by atoms with van der Waals surface area (Å²) in [5, 5.41) is 14.2. The van der Waals surface area contributed by atoms with Crippen molar-refractivity contribution in [1.29, 1.82) is 0 Å². The average Bonchev–Trinajstić information content (AvgIpc) is 2.48. The highest BCUT2D eigenvalue weighted by Gasteiger charge is 2.39. The van der Waals surface area contributed by atoms with Crippen molar-refractivity contribution < 1.29 is 29.0 Å². The van der Waals surface area contributed by atoms with Gasteiger partial charge < -0.3 is 25.2 Å². The summed E-state index contributed by atoms with van der Waals surface area (Å²) >= 11 is 0. The first kappa shape index (κ1) is 21.3. The number of hydrogen-bond donors (Lipinski definition) is 3. The molecule has 1 aromatic rings. The monoisotopic (exact) mass is 366 g/mol. The molecule has 0 spiro atoms. The molecule has 0 radical (unpaired) electrons. The van der Waals surface area contributed by atoms with Crippen LogP contribution in [0.15, 0.2) is 30.3 Å². The highest BCUT2D eigenvalue weighted by molar-refractivity contribution is 5.82. The van der Waals surface area contributed by atoms with Crippen LogP contribution in [0.2, 0.25) is 0 Å². The second-order valence-corrected chi connectivity index (χ2v) is 7.33. The summed E-state index contributed by atoms with van der Waals surface area (Å²) in [5.74, 6) is -1.32. The topological polar surface area (TPSA) is 114 Å². The second-order valence-electron chi connectivity index (χ2n) is 7.33.